The second-order valence-electron chi connectivity index (χ2n) is 7.66. The first-order valence-electron chi connectivity index (χ1n) is 10.3. The molecule has 5 rings (SSSR count). The Kier molecular flexibility index (Phi) is 5.99. The standard InChI is InChI=1S/C22H22N6OS3/c23-17-11-18(24)26-22(25-17)32-12-19(29)28-21(16-7-3-9-31-16)15-6-1-4-13(20(15)27-28)10-14-5-2-8-30-14/h2-3,5,7-11,15,21H,1,4,6,12H2,(H4,23,24,25,26)/b13-10-/t15-,21+/m0/s1. The molecule has 0 spiro atoms. The highest BCUT2D eigenvalue weighted by atomic mass is 32.2. The second kappa shape index (κ2) is 9.05. The van der Waals surface area contributed by atoms with Gasteiger partial charge in [0.2, 0.25) is 0 Å². The first-order chi connectivity index (χ1) is 15.6. The third kappa shape index (κ3) is 4.30. The molecule has 0 saturated heterocycles. The fourth-order valence-corrected chi connectivity index (χ4v) is 6.49. The van der Waals surface area contributed by atoms with E-state index in [9.17, 15) is 4.79 Å². The third-order valence-corrected chi connectivity index (χ3v) is 8.12. The number of carbonyl (C=O) groups is 1. The maximum atomic E-state index is 13.3. The highest BCUT2D eigenvalue weighted by Gasteiger charge is 2.44. The van der Waals surface area contributed by atoms with Gasteiger partial charge in [-0.05, 0) is 53.8 Å². The Hall–Kier alpha value is -2.69. The molecule has 4 N–H and O–H groups in total. The van der Waals surface area contributed by atoms with Gasteiger partial charge in [-0.3, -0.25) is 4.79 Å². The largest absolute Gasteiger partial charge is 0.383 e. The summed E-state index contributed by atoms with van der Waals surface area (Å²) in [5, 5.41) is 11.1. The summed E-state index contributed by atoms with van der Waals surface area (Å²) in [6, 6.07) is 9.73. The van der Waals surface area contributed by atoms with E-state index in [-0.39, 0.29) is 23.6 Å². The fraction of sp³-hybridized carbons (Fsp3) is 0.273. The summed E-state index contributed by atoms with van der Waals surface area (Å²) in [5.41, 5.74) is 13.8. The minimum Gasteiger partial charge on any atom is -0.383 e. The van der Waals surface area contributed by atoms with Crippen LogP contribution in [0.25, 0.3) is 6.08 Å². The number of amides is 1. The fourth-order valence-electron chi connectivity index (χ4n) is 4.21. The minimum atomic E-state index is -0.0737. The lowest BCUT2D eigenvalue weighted by Gasteiger charge is -2.28. The van der Waals surface area contributed by atoms with Crippen molar-refractivity contribution in [2.75, 3.05) is 17.2 Å². The summed E-state index contributed by atoms with van der Waals surface area (Å²) < 4.78 is 0. The van der Waals surface area contributed by atoms with Gasteiger partial charge >= 0.3 is 0 Å². The predicted molar refractivity (Wildman–Crippen MR) is 133 cm³/mol. The number of rotatable bonds is 5. The van der Waals surface area contributed by atoms with Crippen LogP contribution >= 0.6 is 34.4 Å². The molecule has 32 heavy (non-hydrogen) atoms. The van der Waals surface area contributed by atoms with Crippen LogP contribution in [0.5, 0.6) is 0 Å². The van der Waals surface area contributed by atoms with E-state index in [1.807, 2.05) is 6.07 Å². The summed E-state index contributed by atoms with van der Waals surface area (Å²) in [7, 11) is 0. The van der Waals surface area contributed by atoms with Gasteiger partial charge in [-0.1, -0.05) is 23.9 Å². The third-order valence-electron chi connectivity index (χ3n) is 5.52. The summed E-state index contributed by atoms with van der Waals surface area (Å²) in [5.74, 6) is 0.884. The number of nitrogens with zero attached hydrogens (tertiary/aromatic N) is 4. The number of thioether (sulfide) groups is 1. The number of hydrogen-bond acceptors (Lipinski definition) is 9. The van der Waals surface area contributed by atoms with Crippen LogP contribution in [0.2, 0.25) is 0 Å². The molecule has 1 aliphatic heterocycles. The van der Waals surface area contributed by atoms with E-state index >= 15 is 0 Å². The molecule has 0 radical (unpaired) electrons. The van der Waals surface area contributed by atoms with Gasteiger partial charge < -0.3 is 11.5 Å². The Morgan fingerprint density at radius 2 is 1.97 bits per heavy atom. The Morgan fingerprint density at radius 3 is 2.69 bits per heavy atom. The molecule has 10 heteroatoms. The molecule has 2 aliphatic rings. The van der Waals surface area contributed by atoms with Gasteiger partial charge in [0.1, 0.15) is 11.6 Å². The van der Waals surface area contributed by atoms with Crippen molar-refractivity contribution in [1.82, 2.24) is 15.0 Å². The van der Waals surface area contributed by atoms with Gasteiger partial charge in [-0.2, -0.15) is 5.10 Å². The predicted octanol–water partition coefficient (Wildman–Crippen LogP) is 4.68. The van der Waals surface area contributed by atoms with Crippen LogP contribution in [0.3, 0.4) is 0 Å². The van der Waals surface area contributed by atoms with Gasteiger partial charge in [-0.15, -0.1) is 22.7 Å². The quantitative estimate of drug-likeness (QED) is 0.404. The lowest BCUT2D eigenvalue weighted by Crippen LogP contribution is -2.32. The molecule has 0 unspecified atom stereocenters. The van der Waals surface area contributed by atoms with Gasteiger partial charge in [0.15, 0.2) is 5.16 Å². The molecule has 164 valence electrons. The molecular formula is C22H22N6OS3. The monoisotopic (exact) mass is 482 g/mol. The molecule has 0 aromatic carbocycles. The summed E-state index contributed by atoms with van der Waals surface area (Å²) in [4.78, 5) is 24.0. The van der Waals surface area contributed by atoms with E-state index in [2.05, 4.69) is 45.0 Å². The number of carbonyl (C=O) groups excluding carboxylic acids is 1. The first kappa shape index (κ1) is 21.2. The molecular weight excluding hydrogens is 460 g/mol. The van der Waals surface area contributed by atoms with Crippen LogP contribution in [-0.4, -0.2) is 32.3 Å². The van der Waals surface area contributed by atoms with Crippen molar-refractivity contribution in [3.05, 3.63) is 56.4 Å². The number of fused-ring (bicyclic) bond motifs is 1. The Balaban J connectivity index is 1.43. The average Bonchev–Trinajstić information content (AvgIpc) is 3.52. The number of aromatic nitrogens is 2. The van der Waals surface area contributed by atoms with Crippen molar-refractivity contribution in [3.8, 4) is 0 Å². The van der Waals surface area contributed by atoms with Crippen molar-refractivity contribution in [2.45, 2.75) is 30.5 Å². The number of nitrogens with two attached hydrogens (primary N) is 2. The topological polar surface area (TPSA) is 110 Å². The molecule has 1 fully saturated rings. The van der Waals surface area contributed by atoms with Crippen molar-refractivity contribution in [3.63, 3.8) is 0 Å². The number of nitrogen functional groups attached to an aromatic ring is 2. The van der Waals surface area contributed by atoms with Crippen molar-refractivity contribution >= 4 is 63.8 Å². The van der Waals surface area contributed by atoms with Gasteiger partial charge in [-0.25, -0.2) is 15.0 Å². The maximum absolute atomic E-state index is 13.3. The molecule has 3 aromatic rings. The average molecular weight is 483 g/mol. The number of anilines is 2. The Morgan fingerprint density at radius 1 is 1.19 bits per heavy atom. The zero-order valence-electron chi connectivity index (χ0n) is 17.2. The van der Waals surface area contributed by atoms with E-state index in [1.54, 1.807) is 27.7 Å². The van der Waals surface area contributed by atoms with Crippen molar-refractivity contribution in [1.29, 1.82) is 0 Å². The number of allylic oxidation sites excluding steroid dienone is 1. The smallest absolute Gasteiger partial charge is 0.253 e. The van der Waals surface area contributed by atoms with Crippen molar-refractivity contribution < 1.29 is 4.79 Å². The molecule has 2 atom stereocenters. The minimum absolute atomic E-state index is 0.0723. The van der Waals surface area contributed by atoms with Gasteiger partial charge in [0.05, 0.1) is 17.5 Å². The highest BCUT2D eigenvalue weighted by molar-refractivity contribution is 7.99. The van der Waals surface area contributed by atoms with Gasteiger partial charge in [0, 0.05) is 21.7 Å². The van der Waals surface area contributed by atoms with E-state index < -0.39 is 0 Å². The molecule has 1 amide bonds. The van der Waals surface area contributed by atoms with Crippen LogP contribution in [0.1, 0.15) is 35.1 Å². The SMILES string of the molecule is Nc1cc(N)nc(SCC(=O)N2N=C3/C(=C\c4cccs4)CCC[C@@H]3[C@@H]2c2cccs2)n1. The van der Waals surface area contributed by atoms with Crippen LogP contribution < -0.4 is 11.5 Å². The number of hydrogen-bond donors (Lipinski definition) is 2. The van der Waals surface area contributed by atoms with Crippen LogP contribution in [0.4, 0.5) is 11.6 Å². The lowest BCUT2D eigenvalue weighted by molar-refractivity contribution is -0.130. The van der Waals surface area contributed by atoms with Crippen LogP contribution in [0.15, 0.2) is 56.9 Å². The van der Waals surface area contributed by atoms with Gasteiger partial charge in [0.25, 0.3) is 5.91 Å². The zero-order valence-corrected chi connectivity index (χ0v) is 19.6. The number of thiophene rings is 2. The molecule has 7 nitrogen and oxygen atoms in total. The molecule has 1 saturated carbocycles. The summed E-state index contributed by atoms with van der Waals surface area (Å²) in [6.45, 7) is 0. The maximum Gasteiger partial charge on any atom is 0.253 e. The highest BCUT2D eigenvalue weighted by Crippen LogP contribution is 2.45. The Bertz CT molecular complexity index is 1150. The summed E-state index contributed by atoms with van der Waals surface area (Å²) >= 11 is 4.62. The normalized spacial score (nSPS) is 21.6. The lowest BCUT2D eigenvalue weighted by atomic mass is 9.79. The van der Waals surface area contributed by atoms with E-state index in [4.69, 9.17) is 16.6 Å². The first-order valence-corrected chi connectivity index (χ1v) is 13.0. The van der Waals surface area contributed by atoms with Crippen LogP contribution in [0, 0.1) is 5.92 Å². The molecule has 1 aliphatic carbocycles. The molecule has 4 heterocycles. The summed E-state index contributed by atoms with van der Waals surface area (Å²) in [6.07, 6.45) is 5.33. The number of hydrazone groups is 1. The molecule has 0 bridgehead atoms. The second-order valence-corrected chi connectivity index (χ2v) is 10.6. The van der Waals surface area contributed by atoms with Crippen molar-refractivity contribution in [2.24, 2.45) is 11.0 Å². The Labute approximate surface area is 198 Å². The van der Waals surface area contributed by atoms with E-state index in [1.165, 1.54) is 28.3 Å². The van der Waals surface area contributed by atoms with Crippen LogP contribution in [-0.2, 0) is 4.79 Å². The van der Waals surface area contributed by atoms with E-state index in [0.717, 1.165) is 29.9 Å². The zero-order chi connectivity index (χ0) is 22.1. The van der Waals surface area contributed by atoms with E-state index in [0.29, 0.717) is 16.8 Å². The molecule has 3 aromatic heterocycles.